The van der Waals surface area contributed by atoms with Crippen molar-refractivity contribution in [3.05, 3.63) is 22.9 Å². The van der Waals surface area contributed by atoms with E-state index in [2.05, 4.69) is 20.1 Å². The Balaban J connectivity index is 1.94. The van der Waals surface area contributed by atoms with E-state index < -0.39 is 0 Å². The van der Waals surface area contributed by atoms with Crippen LogP contribution in [0.2, 0.25) is 0 Å². The number of nitrogens with one attached hydrogen (secondary N) is 1. The zero-order valence-corrected chi connectivity index (χ0v) is 10.7. The summed E-state index contributed by atoms with van der Waals surface area (Å²) in [7, 11) is 0. The fourth-order valence-electron chi connectivity index (χ4n) is 2.75. The lowest BCUT2D eigenvalue weighted by molar-refractivity contribution is 0.438. The second-order valence-corrected chi connectivity index (χ2v) is 4.92. The van der Waals surface area contributed by atoms with Crippen molar-refractivity contribution in [2.45, 2.75) is 31.7 Å². The maximum Gasteiger partial charge on any atom is 0.348 e. The molecular formula is C12H18N6O. The average molecular weight is 262 g/mol. The standard InChI is InChI=1S/C12H18N6O/c13-5-4-9-3-1-2-6-17(9)10-7-11-15-16-12(19)18(11)8-14-10/h7-9H,1-6,13H2,(H,16,19). The van der Waals surface area contributed by atoms with E-state index in [1.54, 1.807) is 0 Å². The molecule has 0 amide bonds. The topological polar surface area (TPSA) is 92.3 Å². The van der Waals surface area contributed by atoms with Gasteiger partial charge < -0.3 is 10.6 Å². The van der Waals surface area contributed by atoms with E-state index in [1.807, 2.05) is 6.07 Å². The Kier molecular flexibility index (Phi) is 3.20. The number of anilines is 1. The highest BCUT2D eigenvalue weighted by Gasteiger charge is 2.23. The highest BCUT2D eigenvalue weighted by molar-refractivity contribution is 5.51. The van der Waals surface area contributed by atoms with E-state index in [0.29, 0.717) is 18.2 Å². The maximum absolute atomic E-state index is 11.4. The normalized spacial score (nSPS) is 20.1. The summed E-state index contributed by atoms with van der Waals surface area (Å²) < 4.78 is 1.41. The Morgan fingerprint density at radius 3 is 3.21 bits per heavy atom. The predicted octanol–water partition coefficient (Wildman–Crippen LogP) is 0.125. The first-order chi connectivity index (χ1) is 9.29. The molecule has 0 saturated carbocycles. The summed E-state index contributed by atoms with van der Waals surface area (Å²) in [5.74, 6) is 0.879. The molecule has 0 aliphatic carbocycles. The van der Waals surface area contributed by atoms with Crippen molar-refractivity contribution in [2.75, 3.05) is 18.0 Å². The van der Waals surface area contributed by atoms with E-state index in [0.717, 1.165) is 25.2 Å². The van der Waals surface area contributed by atoms with Crippen LogP contribution in [0.3, 0.4) is 0 Å². The Hall–Kier alpha value is -1.89. The molecule has 0 bridgehead atoms. The minimum atomic E-state index is -0.258. The van der Waals surface area contributed by atoms with Gasteiger partial charge in [-0.25, -0.2) is 19.3 Å². The Bertz CT molecular complexity index is 616. The number of hydrogen-bond acceptors (Lipinski definition) is 5. The van der Waals surface area contributed by atoms with Gasteiger partial charge in [0, 0.05) is 18.7 Å². The van der Waals surface area contributed by atoms with Gasteiger partial charge in [-0.2, -0.15) is 5.10 Å². The second-order valence-electron chi connectivity index (χ2n) is 4.92. The lowest BCUT2D eigenvalue weighted by atomic mass is 9.99. The first-order valence-corrected chi connectivity index (χ1v) is 6.69. The molecular weight excluding hydrogens is 244 g/mol. The first kappa shape index (κ1) is 12.2. The SMILES string of the molecule is NCCC1CCCCN1c1cc2n[nH]c(=O)n2cn1. The number of hydrogen-bond donors (Lipinski definition) is 2. The monoisotopic (exact) mass is 262 g/mol. The average Bonchev–Trinajstić information content (AvgIpc) is 2.81. The van der Waals surface area contributed by atoms with Crippen LogP contribution in [-0.4, -0.2) is 38.7 Å². The zero-order valence-electron chi connectivity index (χ0n) is 10.7. The smallest absolute Gasteiger partial charge is 0.348 e. The molecule has 0 spiro atoms. The largest absolute Gasteiger partial charge is 0.353 e. The number of rotatable bonds is 3. The van der Waals surface area contributed by atoms with Crippen molar-refractivity contribution in [2.24, 2.45) is 5.73 Å². The summed E-state index contributed by atoms with van der Waals surface area (Å²) in [5.41, 5.74) is 6.03. The number of nitrogens with zero attached hydrogens (tertiary/aromatic N) is 4. The number of aromatic amines is 1. The van der Waals surface area contributed by atoms with Crippen molar-refractivity contribution in [1.29, 1.82) is 0 Å². The fraction of sp³-hybridized carbons (Fsp3) is 0.583. The van der Waals surface area contributed by atoms with E-state index in [1.165, 1.54) is 23.6 Å². The number of H-pyrrole nitrogens is 1. The molecule has 1 aliphatic rings. The molecule has 102 valence electrons. The molecule has 7 nitrogen and oxygen atoms in total. The van der Waals surface area contributed by atoms with Crippen LogP contribution >= 0.6 is 0 Å². The molecule has 7 heteroatoms. The summed E-state index contributed by atoms with van der Waals surface area (Å²) in [4.78, 5) is 18.1. The predicted molar refractivity (Wildman–Crippen MR) is 72.3 cm³/mol. The van der Waals surface area contributed by atoms with Gasteiger partial charge in [0.25, 0.3) is 0 Å². The van der Waals surface area contributed by atoms with Crippen molar-refractivity contribution in [3.8, 4) is 0 Å². The molecule has 2 aromatic heterocycles. The number of fused-ring (bicyclic) bond motifs is 1. The molecule has 19 heavy (non-hydrogen) atoms. The highest BCUT2D eigenvalue weighted by Crippen LogP contribution is 2.24. The minimum Gasteiger partial charge on any atom is -0.353 e. The second kappa shape index (κ2) is 5.00. The molecule has 0 radical (unpaired) electrons. The van der Waals surface area contributed by atoms with Gasteiger partial charge >= 0.3 is 5.69 Å². The summed E-state index contributed by atoms with van der Waals surface area (Å²) in [5, 5.41) is 6.40. The van der Waals surface area contributed by atoms with Crippen LogP contribution in [0.1, 0.15) is 25.7 Å². The Labute approximate surface area is 110 Å². The zero-order chi connectivity index (χ0) is 13.2. The molecule has 0 aromatic carbocycles. The van der Waals surface area contributed by atoms with Crippen LogP contribution in [0, 0.1) is 0 Å². The molecule has 3 heterocycles. The number of aromatic nitrogens is 4. The quantitative estimate of drug-likeness (QED) is 0.820. The maximum atomic E-state index is 11.4. The molecule has 1 atom stereocenters. The van der Waals surface area contributed by atoms with Gasteiger partial charge in [-0.1, -0.05) is 0 Å². The number of piperidine rings is 1. The summed E-state index contributed by atoms with van der Waals surface area (Å²) >= 11 is 0. The highest BCUT2D eigenvalue weighted by atomic mass is 16.1. The van der Waals surface area contributed by atoms with Gasteiger partial charge in [0.15, 0.2) is 5.65 Å². The molecule has 2 aromatic rings. The minimum absolute atomic E-state index is 0.258. The van der Waals surface area contributed by atoms with E-state index in [-0.39, 0.29) is 5.69 Å². The third-order valence-corrected chi connectivity index (χ3v) is 3.72. The fourth-order valence-corrected chi connectivity index (χ4v) is 2.75. The van der Waals surface area contributed by atoms with Gasteiger partial charge in [-0.15, -0.1) is 0 Å². The third-order valence-electron chi connectivity index (χ3n) is 3.72. The van der Waals surface area contributed by atoms with Gasteiger partial charge in [-0.3, -0.25) is 0 Å². The van der Waals surface area contributed by atoms with Crippen LogP contribution in [0.5, 0.6) is 0 Å². The van der Waals surface area contributed by atoms with Gasteiger partial charge in [0.1, 0.15) is 12.1 Å². The third kappa shape index (κ3) is 2.21. The van der Waals surface area contributed by atoms with Crippen molar-refractivity contribution < 1.29 is 0 Å². The van der Waals surface area contributed by atoms with Gasteiger partial charge in [0.2, 0.25) is 0 Å². The van der Waals surface area contributed by atoms with Crippen molar-refractivity contribution >= 4 is 11.5 Å². The van der Waals surface area contributed by atoms with Gasteiger partial charge in [-0.05, 0) is 32.2 Å². The number of nitrogens with two attached hydrogens (primary N) is 1. The Morgan fingerprint density at radius 2 is 2.37 bits per heavy atom. The van der Waals surface area contributed by atoms with Crippen molar-refractivity contribution in [1.82, 2.24) is 19.6 Å². The summed E-state index contributed by atoms with van der Waals surface area (Å²) in [6, 6.07) is 2.30. The van der Waals surface area contributed by atoms with Crippen LogP contribution in [0.25, 0.3) is 5.65 Å². The summed E-state index contributed by atoms with van der Waals surface area (Å²) in [6.45, 7) is 1.67. The molecule has 1 fully saturated rings. The van der Waals surface area contributed by atoms with Crippen LogP contribution in [0.4, 0.5) is 5.82 Å². The molecule has 1 aliphatic heterocycles. The van der Waals surface area contributed by atoms with Crippen LogP contribution in [0.15, 0.2) is 17.2 Å². The molecule has 1 unspecified atom stereocenters. The lowest BCUT2D eigenvalue weighted by Crippen LogP contribution is -2.41. The van der Waals surface area contributed by atoms with E-state index >= 15 is 0 Å². The summed E-state index contributed by atoms with van der Waals surface area (Å²) in [6.07, 6.45) is 6.06. The van der Waals surface area contributed by atoms with Crippen LogP contribution < -0.4 is 16.3 Å². The lowest BCUT2D eigenvalue weighted by Gasteiger charge is -2.36. The van der Waals surface area contributed by atoms with Gasteiger partial charge in [0.05, 0.1) is 0 Å². The van der Waals surface area contributed by atoms with E-state index in [9.17, 15) is 4.79 Å². The Morgan fingerprint density at radius 1 is 1.47 bits per heavy atom. The van der Waals surface area contributed by atoms with E-state index in [4.69, 9.17) is 5.73 Å². The van der Waals surface area contributed by atoms with Crippen LogP contribution in [-0.2, 0) is 0 Å². The first-order valence-electron chi connectivity index (χ1n) is 6.69. The molecule has 1 saturated heterocycles. The molecule has 3 N–H and O–H groups in total. The molecule has 3 rings (SSSR count). The van der Waals surface area contributed by atoms with Crippen molar-refractivity contribution in [3.63, 3.8) is 0 Å².